The normalized spacial score (nSPS) is 14.5. The molecule has 0 saturated heterocycles. The van der Waals surface area contributed by atoms with Crippen LogP contribution in [-0.4, -0.2) is 15.3 Å². The SMILES string of the molecule is CC1=Nc2ccnc(=O)n2C1. The second-order valence-electron chi connectivity index (χ2n) is 2.52. The summed E-state index contributed by atoms with van der Waals surface area (Å²) in [5.74, 6) is 0.711. The van der Waals surface area contributed by atoms with Gasteiger partial charge in [0.15, 0.2) is 0 Å². The lowest BCUT2D eigenvalue weighted by molar-refractivity contribution is 0.796. The third-order valence-corrected chi connectivity index (χ3v) is 1.61. The molecule has 0 amide bonds. The molecule has 0 saturated carbocycles. The van der Waals surface area contributed by atoms with Crippen molar-refractivity contribution in [3.63, 3.8) is 0 Å². The molecule has 1 aliphatic rings. The molecule has 0 fully saturated rings. The van der Waals surface area contributed by atoms with Gasteiger partial charge >= 0.3 is 5.69 Å². The van der Waals surface area contributed by atoms with E-state index in [2.05, 4.69) is 9.98 Å². The van der Waals surface area contributed by atoms with E-state index < -0.39 is 0 Å². The molecule has 2 rings (SSSR count). The molecule has 1 aromatic heterocycles. The molecule has 0 aromatic carbocycles. The summed E-state index contributed by atoms with van der Waals surface area (Å²) in [5, 5.41) is 0. The lowest BCUT2D eigenvalue weighted by atomic mass is 10.4. The molecular weight excluding hydrogens is 142 g/mol. The molecular formula is C7H7N3O. The molecule has 4 heteroatoms. The predicted molar refractivity (Wildman–Crippen MR) is 41.3 cm³/mol. The van der Waals surface area contributed by atoms with E-state index in [-0.39, 0.29) is 5.69 Å². The van der Waals surface area contributed by atoms with Crippen LogP contribution in [0.2, 0.25) is 0 Å². The van der Waals surface area contributed by atoms with Crippen molar-refractivity contribution in [3.8, 4) is 0 Å². The molecule has 1 aliphatic heterocycles. The highest BCUT2D eigenvalue weighted by atomic mass is 16.1. The number of fused-ring (bicyclic) bond motifs is 1. The van der Waals surface area contributed by atoms with Gasteiger partial charge in [0.1, 0.15) is 5.82 Å². The maximum atomic E-state index is 11.0. The van der Waals surface area contributed by atoms with Gasteiger partial charge in [-0.25, -0.2) is 14.8 Å². The molecule has 0 bridgehead atoms. The minimum atomic E-state index is -0.219. The van der Waals surface area contributed by atoms with Crippen LogP contribution in [0.5, 0.6) is 0 Å². The molecule has 2 heterocycles. The molecule has 0 aliphatic carbocycles. The number of hydrogen-bond acceptors (Lipinski definition) is 3. The molecule has 0 radical (unpaired) electrons. The zero-order chi connectivity index (χ0) is 7.84. The predicted octanol–water partition coefficient (Wildman–Crippen LogP) is 0.349. The van der Waals surface area contributed by atoms with Crippen LogP contribution in [0.3, 0.4) is 0 Å². The Morgan fingerprint density at radius 2 is 2.45 bits per heavy atom. The highest BCUT2D eigenvalue weighted by Crippen LogP contribution is 2.14. The standard InChI is InChI=1S/C7H7N3O/c1-5-4-10-6(9-5)2-3-8-7(10)11/h2-3H,4H2,1H3. The van der Waals surface area contributed by atoms with Crippen LogP contribution >= 0.6 is 0 Å². The highest BCUT2D eigenvalue weighted by Gasteiger charge is 2.10. The van der Waals surface area contributed by atoms with Crippen molar-refractivity contribution in [2.24, 2.45) is 4.99 Å². The molecule has 4 nitrogen and oxygen atoms in total. The second-order valence-corrected chi connectivity index (χ2v) is 2.52. The lowest BCUT2D eigenvalue weighted by Gasteiger charge is -1.96. The Hall–Kier alpha value is -1.45. The Morgan fingerprint density at radius 3 is 3.18 bits per heavy atom. The number of aliphatic imine (C=N–C) groups is 1. The van der Waals surface area contributed by atoms with Crippen LogP contribution < -0.4 is 5.69 Å². The van der Waals surface area contributed by atoms with Gasteiger partial charge in [-0.2, -0.15) is 0 Å². The number of rotatable bonds is 0. The Kier molecular flexibility index (Phi) is 1.15. The van der Waals surface area contributed by atoms with E-state index in [1.807, 2.05) is 6.92 Å². The van der Waals surface area contributed by atoms with Gasteiger partial charge in [-0.05, 0) is 13.0 Å². The summed E-state index contributed by atoms with van der Waals surface area (Å²) >= 11 is 0. The minimum Gasteiger partial charge on any atom is -0.271 e. The number of hydrogen-bond donors (Lipinski definition) is 0. The van der Waals surface area contributed by atoms with Crippen LogP contribution in [0.4, 0.5) is 5.82 Å². The summed E-state index contributed by atoms with van der Waals surface area (Å²) in [7, 11) is 0. The van der Waals surface area contributed by atoms with Gasteiger partial charge < -0.3 is 0 Å². The smallest absolute Gasteiger partial charge is 0.271 e. The van der Waals surface area contributed by atoms with E-state index in [0.717, 1.165) is 5.71 Å². The first-order valence-corrected chi connectivity index (χ1v) is 3.37. The van der Waals surface area contributed by atoms with Crippen molar-refractivity contribution >= 4 is 11.5 Å². The van der Waals surface area contributed by atoms with E-state index in [1.165, 1.54) is 6.20 Å². The van der Waals surface area contributed by atoms with E-state index in [4.69, 9.17) is 0 Å². The first-order valence-electron chi connectivity index (χ1n) is 3.37. The Bertz CT molecular complexity index is 378. The van der Waals surface area contributed by atoms with Crippen molar-refractivity contribution in [1.29, 1.82) is 0 Å². The van der Waals surface area contributed by atoms with Gasteiger partial charge in [0.2, 0.25) is 0 Å². The van der Waals surface area contributed by atoms with Gasteiger partial charge in [-0.3, -0.25) is 4.57 Å². The fraction of sp³-hybridized carbons (Fsp3) is 0.286. The fourth-order valence-electron chi connectivity index (χ4n) is 1.13. The van der Waals surface area contributed by atoms with Gasteiger partial charge in [-0.1, -0.05) is 0 Å². The first-order chi connectivity index (χ1) is 5.27. The molecule has 0 N–H and O–H groups in total. The average molecular weight is 149 g/mol. The van der Waals surface area contributed by atoms with Crippen molar-refractivity contribution < 1.29 is 0 Å². The largest absolute Gasteiger partial charge is 0.349 e. The van der Waals surface area contributed by atoms with Gasteiger partial charge in [0.05, 0.1) is 6.54 Å². The maximum Gasteiger partial charge on any atom is 0.349 e. The van der Waals surface area contributed by atoms with E-state index in [9.17, 15) is 4.79 Å². The third-order valence-electron chi connectivity index (χ3n) is 1.61. The third kappa shape index (κ3) is 0.869. The topological polar surface area (TPSA) is 47.2 Å². The summed E-state index contributed by atoms with van der Waals surface area (Å²) in [6.07, 6.45) is 1.48. The zero-order valence-corrected chi connectivity index (χ0v) is 6.11. The van der Waals surface area contributed by atoms with E-state index in [1.54, 1.807) is 10.6 Å². The van der Waals surface area contributed by atoms with Crippen LogP contribution in [0, 0.1) is 0 Å². The average Bonchev–Trinajstić information content (AvgIpc) is 2.31. The molecule has 0 atom stereocenters. The van der Waals surface area contributed by atoms with Crippen LogP contribution in [-0.2, 0) is 6.54 Å². The van der Waals surface area contributed by atoms with E-state index >= 15 is 0 Å². The summed E-state index contributed by atoms with van der Waals surface area (Å²) in [4.78, 5) is 18.8. The van der Waals surface area contributed by atoms with Gasteiger partial charge in [0.25, 0.3) is 0 Å². The van der Waals surface area contributed by atoms with Gasteiger partial charge in [0, 0.05) is 11.9 Å². The summed E-state index contributed by atoms with van der Waals surface area (Å²) in [5.41, 5.74) is 0.734. The van der Waals surface area contributed by atoms with Crippen molar-refractivity contribution in [3.05, 3.63) is 22.7 Å². The Labute approximate surface area is 63.2 Å². The maximum absolute atomic E-state index is 11.0. The van der Waals surface area contributed by atoms with Crippen LogP contribution in [0.1, 0.15) is 6.92 Å². The Balaban J connectivity index is 2.68. The lowest BCUT2D eigenvalue weighted by Crippen LogP contribution is -2.21. The number of nitrogens with zero attached hydrogens (tertiary/aromatic N) is 3. The minimum absolute atomic E-state index is 0.219. The molecule has 0 unspecified atom stereocenters. The van der Waals surface area contributed by atoms with Gasteiger partial charge in [-0.15, -0.1) is 0 Å². The number of aromatic nitrogens is 2. The quantitative estimate of drug-likeness (QED) is 0.534. The molecule has 0 spiro atoms. The Morgan fingerprint density at radius 1 is 1.64 bits per heavy atom. The van der Waals surface area contributed by atoms with Crippen molar-refractivity contribution in [1.82, 2.24) is 9.55 Å². The summed E-state index contributed by atoms with van der Waals surface area (Å²) in [6, 6.07) is 1.73. The van der Waals surface area contributed by atoms with Crippen LogP contribution in [0.15, 0.2) is 22.1 Å². The summed E-state index contributed by atoms with van der Waals surface area (Å²) in [6.45, 7) is 2.48. The summed E-state index contributed by atoms with van der Waals surface area (Å²) < 4.78 is 1.55. The monoisotopic (exact) mass is 149 g/mol. The van der Waals surface area contributed by atoms with Crippen molar-refractivity contribution in [2.45, 2.75) is 13.5 Å². The molecule has 11 heavy (non-hydrogen) atoms. The van der Waals surface area contributed by atoms with E-state index in [0.29, 0.717) is 12.4 Å². The highest BCUT2D eigenvalue weighted by molar-refractivity contribution is 5.86. The van der Waals surface area contributed by atoms with Crippen molar-refractivity contribution in [2.75, 3.05) is 0 Å². The first kappa shape index (κ1) is 6.27. The molecule has 1 aromatic rings. The zero-order valence-electron chi connectivity index (χ0n) is 6.11. The second kappa shape index (κ2) is 2.02. The fourth-order valence-corrected chi connectivity index (χ4v) is 1.13. The molecule has 56 valence electrons. The van der Waals surface area contributed by atoms with Crippen LogP contribution in [0.25, 0.3) is 0 Å².